The molecule has 16 heavy (non-hydrogen) atoms. The lowest BCUT2D eigenvalue weighted by Crippen LogP contribution is -2.29. The van der Waals surface area contributed by atoms with E-state index < -0.39 is 15.8 Å². The van der Waals surface area contributed by atoms with Crippen molar-refractivity contribution in [1.29, 1.82) is 0 Å². The van der Waals surface area contributed by atoms with E-state index in [4.69, 9.17) is 11.6 Å². The van der Waals surface area contributed by atoms with Crippen molar-refractivity contribution >= 4 is 21.6 Å². The second kappa shape index (κ2) is 4.31. The zero-order valence-electron chi connectivity index (χ0n) is 8.44. The Bertz CT molecular complexity index is 491. The minimum atomic E-state index is -3.59. The fourth-order valence-electron chi connectivity index (χ4n) is 1.68. The molecule has 1 aromatic carbocycles. The fraction of sp³-hybridized carbons (Fsp3) is 0.400. The van der Waals surface area contributed by atoms with E-state index in [1.54, 1.807) is 0 Å². The van der Waals surface area contributed by atoms with Crippen LogP contribution in [-0.2, 0) is 10.0 Å². The van der Waals surface area contributed by atoms with E-state index in [1.807, 2.05) is 0 Å². The van der Waals surface area contributed by atoms with E-state index in [0.29, 0.717) is 19.5 Å². The van der Waals surface area contributed by atoms with Crippen molar-refractivity contribution in [3.05, 3.63) is 30.1 Å². The lowest BCUT2D eigenvalue weighted by molar-refractivity contribution is 0.477. The summed E-state index contributed by atoms with van der Waals surface area (Å²) in [5, 5.41) is -0.150. The number of halogens is 2. The maximum Gasteiger partial charge on any atom is 0.243 e. The summed E-state index contributed by atoms with van der Waals surface area (Å²) in [4.78, 5) is -0.0155. The van der Waals surface area contributed by atoms with E-state index >= 15 is 0 Å². The Morgan fingerprint density at radius 2 is 2.19 bits per heavy atom. The predicted molar refractivity (Wildman–Crippen MR) is 59.4 cm³/mol. The van der Waals surface area contributed by atoms with E-state index in [-0.39, 0.29) is 10.3 Å². The number of hydrogen-bond donors (Lipinski definition) is 0. The minimum Gasteiger partial charge on any atom is -0.207 e. The van der Waals surface area contributed by atoms with Crippen LogP contribution in [0, 0.1) is 5.82 Å². The molecule has 1 aliphatic rings. The molecule has 1 heterocycles. The Balaban J connectivity index is 2.32. The van der Waals surface area contributed by atoms with Gasteiger partial charge in [0.05, 0.1) is 4.90 Å². The molecule has 0 bridgehead atoms. The van der Waals surface area contributed by atoms with Crippen LogP contribution in [0.1, 0.15) is 6.42 Å². The van der Waals surface area contributed by atoms with Gasteiger partial charge in [0, 0.05) is 18.5 Å². The molecule has 1 unspecified atom stereocenters. The van der Waals surface area contributed by atoms with Crippen LogP contribution in [0.4, 0.5) is 4.39 Å². The van der Waals surface area contributed by atoms with Crippen molar-refractivity contribution in [2.45, 2.75) is 16.7 Å². The first-order valence-electron chi connectivity index (χ1n) is 4.90. The number of alkyl halides is 1. The van der Waals surface area contributed by atoms with Crippen molar-refractivity contribution in [2.75, 3.05) is 13.1 Å². The van der Waals surface area contributed by atoms with Crippen LogP contribution >= 0.6 is 11.6 Å². The van der Waals surface area contributed by atoms with Gasteiger partial charge in [-0.15, -0.1) is 11.6 Å². The van der Waals surface area contributed by atoms with Gasteiger partial charge < -0.3 is 0 Å². The zero-order chi connectivity index (χ0) is 11.8. The van der Waals surface area contributed by atoms with Gasteiger partial charge in [-0.05, 0) is 24.6 Å². The van der Waals surface area contributed by atoms with Gasteiger partial charge in [0.1, 0.15) is 5.82 Å². The van der Waals surface area contributed by atoms with E-state index in [9.17, 15) is 12.8 Å². The Labute approximate surface area is 98.9 Å². The van der Waals surface area contributed by atoms with Crippen molar-refractivity contribution in [3.8, 4) is 0 Å². The molecule has 3 nitrogen and oxygen atoms in total. The second-order valence-electron chi connectivity index (χ2n) is 3.71. The molecule has 0 spiro atoms. The van der Waals surface area contributed by atoms with Crippen LogP contribution in [0.3, 0.4) is 0 Å². The van der Waals surface area contributed by atoms with Gasteiger partial charge >= 0.3 is 0 Å². The molecular weight excluding hydrogens is 253 g/mol. The van der Waals surface area contributed by atoms with Gasteiger partial charge in [-0.2, -0.15) is 4.31 Å². The summed E-state index contributed by atoms with van der Waals surface area (Å²) >= 11 is 5.85. The summed E-state index contributed by atoms with van der Waals surface area (Å²) in [7, 11) is -3.59. The van der Waals surface area contributed by atoms with E-state index in [0.717, 1.165) is 6.07 Å². The highest BCUT2D eigenvalue weighted by Gasteiger charge is 2.31. The van der Waals surface area contributed by atoms with Gasteiger partial charge in [0.25, 0.3) is 0 Å². The average molecular weight is 264 g/mol. The SMILES string of the molecule is O=S(=O)(c1cccc(F)c1)N1CCC(Cl)C1. The van der Waals surface area contributed by atoms with Gasteiger partial charge in [-0.3, -0.25) is 0 Å². The molecule has 0 N–H and O–H groups in total. The summed E-state index contributed by atoms with van der Waals surface area (Å²) < 4.78 is 38.3. The third-order valence-corrected chi connectivity index (χ3v) is 4.74. The number of nitrogens with zero attached hydrogens (tertiary/aromatic N) is 1. The fourth-order valence-corrected chi connectivity index (χ4v) is 3.56. The normalized spacial score (nSPS) is 22.5. The second-order valence-corrected chi connectivity index (χ2v) is 6.26. The van der Waals surface area contributed by atoms with Gasteiger partial charge in [-0.1, -0.05) is 6.07 Å². The number of hydrogen-bond acceptors (Lipinski definition) is 2. The third kappa shape index (κ3) is 2.21. The van der Waals surface area contributed by atoms with Crippen molar-refractivity contribution in [3.63, 3.8) is 0 Å². The minimum absolute atomic E-state index is 0.0155. The summed E-state index contributed by atoms with van der Waals surface area (Å²) in [6.45, 7) is 0.688. The Kier molecular flexibility index (Phi) is 3.19. The molecule has 0 saturated carbocycles. The Morgan fingerprint density at radius 3 is 2.75 bits per heavy atom. The topological polar surface area (TPSA) is 37.4 Å². The van der Waals surface area contributed by atoms with E-state index in [1.165, 1.54) is 22.5 Å². The molecule has 0 aliphatic carbocycles. The molecule has 1 atom stereocenters. The standard InChI is InChI=1S/C10H11ClFNO2S/c11-8-4-5-13(7-8)16(14,15)10-3-1-2-9(12)6-10/h1-3,6,8H,4-5,7H2. The molecule has 1 aromatic rings. The number of rotatable bonds is 2. The molecule has 0 aromatic heterocycles. The maximum atomic E-state index is 13.0. The summed E-state index contributed by atoms with van der Waals surface area (Å²) in [6.07, 6.45) is 0.635. The Hall–Kier alpha value is -0.650. The van der Waals surface area contributed by atoms with Crippen LogP contribution in [0.5, 0.6) is 0 Å². The first kappa shape index (κ1) is 11.8. The molecule has 0 amide bonds. The highest BCUT2D eigenvalue weighted by molar-refractivity contribution is 7.89. The molecule has 6 heteroatoms. The third-order valence-electron chi connectivity index (χ3n) is 2.53. The van der Waals surface area contributed by atoms with Crippen LogP contribution in [0.15, 0.2) is 29.2 Å². The van der Waals surface area contributed by atoms with Crippen LogP contribution in [0.2, 0.25) is 0 Å². The van der Waals surface area contributed by atoms with Crippen molar-refractivity contribution in [2.24, 2.45) is 0 Å². The molecule has 88 valence electrons. The van der Waals surface area contributed by atoms with E-state index in [2.05, 4.69) is 0 Å². The highest BCUT2D eigenvalue weighted by atomic mass is 35.5. The van der Waals surface area contributed by atoms with Crippen LogP contribution in [-0.4, -0.2) is 31.2 Å². The molecule has 2 rings (SSSR count). The summed E-state index contributed by atoms with van der Waals surface area (Å²) in [6, 6.07) is 5.01. The number of benzene rings is 1. The lowest BCUT2D eigenvalue weighted by atomic mass is 10.4. The summed E-state index contributed by atoms with van der Waals surface area (Å²) in [5.74, 6) is -0.553. The average Bonchev–Trinajstić information content (AvgIpc) is 2.65. The summed E-state index contributed by atoms with van der Waals surface area (Å²) in [5.41, 5.74) is 0. The predicted octanol–water partition coefficient (Wildman–Crippen LogP) is 1.83. The molecule has 1 fully saturated rings. The molecule has 1 aliphatic heterocycles. The van der Waals surface area contributed by atoms with Gasteiger partial charge in [-0.25, -0.2) is 12.8 Å². The maximum absolute atomic E-state index is 13.0. The smallest absolute Gasteiger partial charge is 0.207 e. The Morgan fingerprint density at radius 1 is 1.44 bits per heavy atom. The van der Waals surface area contributed by atoms with Crippen molar-refractivity contribution < 1.29 is 12.8 Å². The molecule has 0 radical (unpaired) electrons. The quantitative estimate of drug-likeness (QED) is 0.764. The highest BCUT2D eigenvalue weighted by Crippen LogP contribution is 2.23. The monoisotopic (exact) mass is 263 g/mol. The number of sulfonamides is 1. The lowest BCUT2D eigenvalue weighted by Gasteiger charge is -2.15. The van der Waals surface area contributed by atoms with Crippen molar-refractivity contribution in [1.82, 2.24) is 4.31 Å². The first-order valence-corrected chi connectivity index (χ1v) is 6.77. The van der Waals surface area contributed by atoms with Gasteiger partial charge in [0.15, 0.2) is 0 Å². The molecule has 1 saturated heterocycles. The zero-order valence-corrected chi connectivity index (χ0v) is 10.0. The first-order chi connectivity index (χ1) is 7.50. The molecular formula is C10H11ClFNO2S. The largest absolute Gasteiger partial charge is 0.243 e. The van der Waals surface area contributed by atoms with Gasteiger partial charge in [0.2, 0.25) is 10.0 Å². The van der Waals surface area contributed by atoms with Crippen LogP contribution < -0.4 is 0 Å². The van der Waals surface area contributed by atoms with Crippen LogP contribution in [0.25, 0.3) is 0 Å².